The van der Waals surface area contributed by atoms with Crippen molar-refractivity contribution in [3.8, 4) is 0 Å². The van der Waals surface area contributed by atoms with Gasteiger partial charge in [-0.15, -0.1) is 0 Å². The van der Waals surface area contributed by atoms with Crippen LogP contribution >= 0.6 is 0 Å². The van der Waals surface area contributed by atoms with E-state index in [1.165, 1.54) is 17.9 Å². The second-order valence-electron chi connectivity index (χ2n) is 5.07. The SMILES string of the molecule is Cn1cnc(S(=O)(=O)N2CCC[C@H](C(F)(F)F)[C@@H]2C(=O)O)c1. The Kier molecular flexibility index (Phi) is 4.22. The number of alkyl halides is 3. The molecule has 1 aliphatic rings. The summed E-state index contributed by atoms with van der Waals surface area (Å²) in [5, 5.41) is 8.66. The number of imidazole rings is 1. The highest BCUT2D eigenvalue weighted by molar-refractivity contribution is 7.89. The van der Waals surface area contributed by atoms with E-state index in [2.05, 4.69) is 4.98 Å². The molecule has 0 aliphatic carbocycles. The van der Waals surface area contributed by atoms with Crippen molar-refractivity contribution in [2.24, 2.45) is 13.0 Å². The van der Waals surface area contributed by atoms with Crippen molar-refractivity contribution in [3.05, 3.63) is 12.5 Å². The molecule has 1 aliphatic heterocycles. The maximum absolute atomic E-state index is 13.0. The maximum atomic E-state index is 13.0. The summed E-state index contributed by atoms with van der Waals surface area (Å²) >= 11 is 0. The Labute approximate surface area is 124 Å². The summed E-state index contributed by atoms with van der Waals surface area (Å²) in [6.45, 7) is -0.289. The van der Waals surface area contributed by atoms with Crippen molar-refractivity contribution in [1.29, 1.82) is 0 Å². The topological polar surface area (TPSA) is 92.5 Å². The molecular weight excluding hydrogens is 327 g/mol. The van der Waals surface area contributed by atoms with Gasteiger partial charge in [0.05, 0.1) is 12.2 Å². The van der Waals surface area contributed by atoms with Crippen LogP contribution in [0.5, 0.6) is 0 Å². The summed E-state index contributed by atoms with van der Waals surface area (Å²) in [5.74, 6) is -4.06. The van der Waals surface area contributed by atoms with Crippen molar-refractivity contribution in [3.63, 3.8) is 0 Å². The number of aliphatic carboxylic acids is 1. The molecule has 0 aromatic carbocycles. The zero-order chi connectivity index (χ0) is 16.7. The molecule has 0 saturated carbocycles. The van der Waals surface area contributed by atoms with E-state index in [1.54, 1.807) is 0 Å². The summed E-state index contributed by atoms with van der Waals surface area (Å²) < 4.78 is 65.6. The number of aromatic nitrogens is 2. The van der Waals surface area contributed by atoms with Gasteiger partial charge in [0.15, 0.2) is 5.03 Å². The fourth-order valence-corrected chi connectivity index (χ4v) is 4.14. The van der Waals surface area contributed by atoms with Gasteiger partial charge in [0.25, 0.3) is 10.0 Å². The maximum Gasteiger partial charge on any atom is 0.393 e. The van der Waals surface area contributed by atoms with E-state index in [9.17, 15) is 26.4 Å². The van der Waals surface area contributed by atoms with Crippen LogP contribution in [-0.4, -0.2) is 52.1 Å². The molecule has 7 nitrogen and oxygen atoms in total. The standard InChI is InChI=1S/C11H14F3N3O4S/c1-16-5-8(15-6-16)22(20,21)17-4-2-3-7(11(12,13)14)9(17)10(18)19/h5-7,9H,2-4H2,1H3,(H,18,19)/t7-,9+/m0/s1. The molecule has 11 heteroatoms. The zero-order valence-electron chi connectivity index (χ0n) is 11.5. The number of hydrogen-bond acceptors (Lipinski definition) is 4. The van der Waals surface area contributed by atoms with Gasteiger partial charge in [0, 0.05) is 19.8 Å². The Morgan fingerprint density at radius 1 is 1.45 bits per heavy atom. The summed E-state index contributed by atoms with van der Waals surface area (Å²) in [7, 11) is -2.91. The minimum Gasteiger partial charge on any atom is -0.480 e. The highest BCUT2D eigenvalue weighted by Crippen LogP contribution is 2.39. The van der Waals surface area contributed by atoms with E-state index in [1.807, 2.05) is 0 Å². The molecule has 1 aromatic heterocycles. The third-order valence-electron chi connectivity index (χ3n) is 3.51. The second-order valence-corrected chi connectivity index (χ2v) is 6.90. The van der Waals surface area contributed by atoms with Crippen LogP contribution in [0, 0.1) is 5.92 Å². The van der Waals surface area contributed by atoms with Gasteiger partial charge in [-0.3, -0.25) is 4.79 Å². The Morgan fingerprint density at radius 3 is 2.55 bits per heavy atom. The molecule has 2 atom stereocenters. The van der Waals surface area contributed by atoms with Gasteiger partial charge in [-0.1, -0.05) is 0 Å². The minimum atomic E-state index is -4.79. The van der Waals surface area contributed by atoms with Crippen LogP contribution in [0.25, 0.3) is 0 Å². The monoisotopic (exact) mass is 341 g/mol. The fourth-order valence-electron chi connectivity index (χ4n) is 2.51. The molecule has 2 rings (SSSR count). The second kappa shape index (κ2) is 5.54. The molecule has 2 heterocycles. The quantitative estimate of drug-likeness (QED) is 0.879. The molecule has 0 bridgehead atoms. The van der Waals surface area contributed by atoms with E-state index in [4.69, 9.17) is 5.11 Å². The van der Waals surface area contributed by atoms with Crippen LogP contribution in [0.15, 0.2) is 17.6 Å². The van der Waals surface area contributed by atoms with Crippen LogP contribution in [0.2, 0.25) is 0 Å². The normalized spacial score (nSPS) is 24.4. The minimum absolute atomic E-state index is 0.0694. The van der Waals surface area contributed by atoms with Gasteiger partial charge in [-0.05, 0) is 12.8 Å². The summed E-state index contributed by atoms with van der Waals surface area (Å²) in [6.07, 6.45) is -2.99. The molecule has 1 saturated heterocycles. The number of halogens is 3. The Bertz CT molecular complexity index is 670. The van der Waals surface area contributed by atoms with E-state index >= 15 is 0 Å². The van der Waals surface area contributed by atoms with E-state index in [0.29, 0.717) is 4.31 Å². The smallest absolute Gasteiger partial charge is 0.393 e. The molecule has 1 N–H and O–H groups in total. The van der Waals surface area contributed by atoms with Gasteiger partial charge in [0.2, 0.25) is 0 Å². The van der Waals surface area contributed by atoms with Crippen molar-refractivity contribution >= 4 is 16.0 Å². The van der Waals surface area contributed by atoms with Crippen LogP contribution < -0.4 is 0 Å². The van der Waals surface area contributed by atoms with Gasteiger partial charge >= 0.3 is 12.1 Å². The Morgan fingerprint density at radius 2 is 2.09 bits per heavy atom. The van der Waals surface area contributed by atoms with E-state index in [-0.39, 0.29) is 13.0 Å². The van der Waals surface area contributed by atoms with Crippen molar-refractivity contribution in [2.75, 3.05) is 6.54 Å². The highest BCUT2D eigenvalue weighted by atomic mass is 32.2. The molecule has 0 unspecified atom stereocenters. The van der Waals surface area contributed by atoms with Gasteiger partial charge in [-0.25, -0.2) is 13.4 Å². The molecular formula is C11H14F3N3O4S. The summed E-state index contributed by atoms with van der Waals surface area (Å²) in [4.78, 5) is 14.9. The molecule has 1 fully saturated rings. The van der Waals surface area contributed by atoms with Crippen molar-refractivity contribution < 1.29 is 31.5 Å². The number of rotatable bonds is 3. The van der Waals surface area contributed by atoms with Crippen molar-refractivity contribution in [1.82, 2.24) is 13.9 Å². The number of sulfonamides is 1. The van der Waals surface area contributed by atoms with Gasteiger partial charge in [0.1, 0.15) is 6.04 Å². The fraction of sp³-hybridized carbons (Fsp3) is 0.636. The third-order valence-corrected chi connectivity index (χ3v) is 5.28. The average Bonchev–Trinajstić information content (AvgIpc) is 2.84. The molecule has 1 aromatic rings. The van der Waals surface area contributed by atoms with E-state index < -0.39 is 45.6 Å². The van der Waals surface area contributed by atoms with Crippen LogP contribution in [-0.2, 0) is 21.9 Å². The largest absolute Gasteiger partial charge is 0.480 e. The number of nitrogens with zero attached hydrogens (tertiary/aromatic N) is 3. The number of carboxylic acid groups (broad SMARTS) is 1. The average molecular weight is 341 g/mol. The Balaban J connectivity index is 2.46. The lowest BCUT2D eigenvalue weighted by molar-refractivity contribution is -0.201. The Hall–Kier alpha value is -1.62. The predicted molar refractivity (Wildman–Crippen MR) is 67.3 cm³/mol. The number of hydrogen-bond donors (Lipinski definition) is 1. The van der Waals surface area contributed by atoms with Crippen molar-refractivity contribution in [2.45, 2.75) is 30.1 Å². The molecule has 0 amide bonds. The van der Waals surface area contributed by atoms with Gasteiger partial charge in [-0.2, -0.15) is 17.5 Å². The number of carbonyl (C=O) groups is 1. The lowest BCUT2D eigenvalue weighted by Gasteiger charge is -2.37. The zero-order valence-corrected chi connectivity index (χ0v) is 12.3. The number of carboxylic acids is 1. The predicted octanol–water partition coefficient (Wildman–Crippen LogP) is 0.836. The number of piperidine rings is 1. The first-order valence-electron chi connectivity index (χ1n) is 6.34. The third kappa shape index (κ3) is 2.95. The summed E-state index contributed by atoms with van der Waals surface area (Å²) in [5.41, 5.74) is 0. The first kappa shape index (κ1) is 16.7. The molecule has 22 heavy (non-hydrogen) atoms. The van der Waals surface area contributed by atoms with Gasteiger partial charge < -0.3 is 9.67 Å². The van der Waals surface area contributed by atoms with Crippen LogP contribution in [0.3, 0.4) is 0 Å². The molecule has 0 radical (unpaired) electrons. The summed E-state index contributed by atoms with van der Waals surface area (Å²) in [6, 6.07) is -2.18. The lowest BCUT2D eigenvalue weighted by atomic mass is 9.90. The highest BCUT2D eigenvalue weighted by Gasteiger charge is 2.54. The molecule has 124 valence electrons. The first-order valence-corrected chi connectivity index (χ1v) is 7.78. The molecule has 0 spiro atoms. The van der Waals surface area contributed by atoms with E-state index in [0.717, 1.165) is 6.20 Å². The first-order chi connectivity index (χ1) is 10.0. The van der Waals surface area contributed by atoms with Crippen LogP contribution in [0.1, 0.15) is 12.8 Å². The van der Waals surface area contributed by atoms with Crippen LogP contribution in [0.4, 0.5) is 13.2 Å². The lowest BCUT2D eigenvalue weighted by Crippen LogP contribution is -2.56. The number of aryl methyl sites for hydroxylation is 1.